The Hall–Kier alpha value is -1.92. The van der Waals surface area contributed by atoms with Crippen LogP contribution in [0.2, 0.25) is 0 Å². The van der Waals surface area contributed by atoms with Crippen LogP contribution in [0.25, 0.3) is 0 Å². The van der Waals surface area contributed by atoms with E-state index in [1.165, 1.54) is 334 Å². The van der Waals surface area contributed by atoms with Crippen LogP contribution in [0.3, 0.4) is 0 Å². The van der Waals surface area contributed by atoms with Crippen LogP contribution in [0.4, 0.5) is 0 Å². The quantitative estimate of drug-likeness (QED) is 0.0320. The first-order chi connectivity index (χ1) is 40.5. The number of hydrogen-bond acceptors (Lipinski definition) is 5. The molecule has 82 heavy (non-hydrogen) atoms. The summed E-state index contributed by atoms with van der Waals surface area (Å²) in [5, 5.41) is 23.2. The molecule has 0 rings (SSSR count). The first kappa shape index (κ1) is 80.1. The smallest absolute Gasteiger partial charge is 0.305 e. The molecular weight excluding hydrogens is 1010 g/mol. The zero-order valence-corrected chi connectivity index (χ0v) is 55.5. The van der Waals surface area contributed by atoms with Gasteiger partial charge in [-0.1, -0.05) is 371 Å². The van der Waals surface area contributed by atoms with E-state index in [4.69, 9.17) is 4.74 Å². The maximum Gasteiger partial charge on any atom is 0.305 e. The van der Waals surface area contributed by atoms with Gasteiger partial charge in [-0.25, -0.2) is 0 Å². The summed E-state index contributed by atoms with van der Waals surface area (Å²) in [6.07, 6.45) is 92.4. The SMILES string of the molecule is CCCCC/C=C\C/C=C\CCCCCCCCCC(=O)OCCCCCCCCCCCCCCCCCCCCCCCCCCCCCCCCCC(=O)NC(CO)C(O)/C=C/CCCCCCCCCCCCCCCCC. The molecule has 0 radical (unpaired) electrons. The standard InChI is InChI=1S/C76H145NO5/c1-3-5-7-9-11-13-15-17-19-36-40-44-48-52-56-60-64-68-74(79)73(72-78)77-75(80)69-65-61-57-53-49-45-41-38-34-32-30-28-26-24-22-21-23-25-27-29-31-33-35-39-43-47-51-55-59-63-67-71-82-76(81)70-66-62-58-54-50-46-42-37-20-18-16-14-12-10-8-6-4-2/h12,14,18,20,64,68,73-74,78-79H,3-11,13,15-17,19,21-63,65-67,69-72H2,1-2H3,(H,77,80)/b14-12-,20-18-,68-64+. The lowest BCUT2D eigenvalue weighted by atomic mass is 10.0. The highest BCUT2D eigenvalue weighted by molar-refractivity contribution is 5.76. The second-order valence-corrected chi connectivity index (χ2v) is 25.6. The highest BCUT2D eigenvalue weighted by Gasteiger charge is 2.18. The Labute approximate surface area is 513 Å². The molecule has 2 unspecified atom stereocenters. The lowest BCUT2D eigenvalue weighted by Gasteiger charge is -2.20. The zero-order valence-electron chi connectivity index (χ0n) is 55.5. The topological polar surface area (TPSA) is 95.9 Å². The predicted molar refractivity (Wildman–Crippen MR) is 361 cm³/mol. The van der Waals surface area contributed by atoms with E-state index < -0.39 is 12.1 Å². The van der Waals surface area contributed by atoms with Gasteiger partial charge in [0.15, 0.2) is 0 Å². The number of allylic oxidation sites excluding steroid dienone is 5. The first-order valence-corrected chi connectivity index (χ1v) is 37.3. The highest BCUT2D eigenvalue weighted by atomic mass is 16.5. The molecule has 1 amide bonds. The van der Waals surface area contributed by atoms with Gasteiger partial charge >= 0.3 is 5.97 Å². The monoisotopic (exact) mass is 1150 g/mol. The number of hydrogen-bond donors (Lipinski definition) is 3. The maximum atomic E-state index is 12.5. The molecule has 0 bridgehead atoms. The van der Waals surface area contributed by atoms with Crippen molar-refractivity contribution >= 4 is 11.9 Å². The molecule has 0 aliphatic carbocycles. The van der Waals surface area contributed by atoms with E-state index in [2.05, 4.69) is 43.5 Å². The zero-order chi connectivity index (χ0) is 59.2. The van der Waals surface area contributed by atoms with E-state index in [1.807, 2.05) is 6.08 Å². The van der Waals surface area contributed by atoms with Gasteiger partial charge in [0, 0.05) is 12.8 Å². The van der Waals surface area contributed by atoms with Crippen LogP contribution in [0.5, 0.6) is 0 Å². The van der Waals surface area contributed by atoms with E-state index in [1.54, 1.807) is 6.08 Å². The molecule has 0 aromatic carbocycles. The van der Waals surface area contributed by atoms with Gasteiger partial charge in [-0.3, -0.25) is 9.59 Å². The van der Waals surface area contributed by atoms with Gasteiger partial charge in [0.2, 0.25) is 5.91 Å². The second kappa shape index (κ2) is 71.6. The van der Waals surface area contributed by atoms with Gasteiger partial charge in [-0.2, -0.15) is 0 Å². The van der Waals surface area contributed by atoms with Crippen molar-refractivity contribution in [1.29, 1.82) is 0 Å². The van der Waals surface area contributed by atoms with Crippen molar-refractivity contribution in [2.45, 2.75) is 424 Å². The molecule has 0 saturated heterocycles. The number of nitrogens with one attached hydrogen (secondary N) is 1. The van der Waals surface area contributed by atoms with E-state index in [9.17, 15) is 19.8 Å². The van der Waals surface area contributed by atoms with Crippen molar-refractivity contribution in [3.8, 4) is 0 Å². The molecule has 0 aliphatic rings. The van der Waals surface area contributed by atoms with Crippen LogP contribution in [-0.2, 0) is 14.3 Å². The number of unbranched alkanes of at least 4 members (excludes halogenated alkanes) is 55. The summed E-state index contributed by atoms with van der Waals surface area (Å²) < 4.78 is 5.50. The molecular formula is C76H145NO5. The minimum Gasteiger partial charge on any atom is -0.466 e. The Bertz CT molecular complexity index is 1330. The number of aliphatic hydroxyl groups is 2. The molecule has 0 aromatic heterocycles. The van der Waals surface area contributed by atoms with Gasteiger partial charge in [0.05, 0.1) is 25.4 Å². The number of carbonyl (C=O) groups is 2. The molecule has 0 spiro atoms. The summed E-state index contributed by atoms with van der Waals surface area (Å²) in [5.74, 6) is -0.0475. The van der Waals surface area contributed by atoms with E-state index in [0.717, 1.165) is 51.4 Å². The van der Waals surface area contributed by atoms with E-state index >= 15 is 0 Å². The van der Waals surface area contributed by atoms with Crippen molar-refractivity contribution in [3.63, 3.8) is 0 Å². The van der Waals surface area contributed by atoms with Crippen molar-refractivity contribution < 1.29 is 24.5 Å². The Kier molecular flexibility index (Phi) is 69.9. The molecule has 3 N–H and O–H groups in total. The van der Waals surface area contributed by atoms with Gasteiger partial charge in [-0.15, -0.1) is 0 Å². The molecule has 0 heterocycles. The lowest BCUT2D eigenvalue weighted by molar-refractivity contribution is -0.143. The largest absolute Gasteiger partial charge is 0.466 e. The van der Waals surface area contributed by atoms with Crippen LogP contribution < -0.4 is 5.32 Å². The maximum absolute atomic E-state index is 12.5. The number of amides is 1. The number of ether oxygens (including phenoxy) is 1. The minimum absolute atomic E-state index is 0.0131. The number of esters is 1. The van der Waals surface area contributed by atoms with Crippen LogP contribution in [0, 0.1) is 0 Å². The van der Waals surface area contributed by atoms with E-state index in [0.29, 0.717) is 19.4 Å². The second-order valence-electron chi connectivity index (χ2n) is 25.6. The minimum atomic E-state index is -0.842. The normalized spacial score (nSPS) is 12.7. The average molecular weight is 1150 g/mol. The Morgan fingerprint density at radius 2 is 0.610 bits per heavy atom. The lowest BCUT2D eigenvalue weighted by Crippen LogP contribution is -2.45. The Balaban J connectivity index is 3.34. The molecule has 0 aromatic rings. The number of carbonyl (C=O) groups excluding carboxylic acids is 2. The molecule has 2 atom stereocenters. The molecule has 0 fully saturated rings. The van der Waals surface area contributed by atoms with Crippen LogP contribution >= 0.6 is 0 Å². The first-order valence-electron chi connectivity index (χ1n) is 37.3. The van der Waals surface area contributed by atoms with Crippen LogP contribution in [-0.4, -0.2) is 47.4 Å². The van der Waals surface area contributed by atoms with Crippen molar-refractivity contribution in [2.24, 2.45) is 0 Å². The molecule has 0 aliphatic heterocycles. The molecule has 6 heteroatoms. The van der Waals surface area contributed by atoms with Crippen molar-refractivity contribution in [2.75, 3.05) is 13.2 Å². The third-order valence-corrected chi connectivity index (χ3v) is 17.4. The summed E-state index contributed by atoms with van der Waals surface area (Å²) in [5.41, 5.74) is 0. The third kappa shape index (κ3) is 67.2. The average Bonchev–Trinajstić information content (AvgIpc) is 3.48. The summed E-state index contributed by atoms with van der Waals surface area (Å²) in [6.45, 7) is 4.91. The summed E-state index contributed by atoms with van der Waals surface area (Å²) in [6, 6.07) is -0.625. The summed E-state index contributed by atoms with van der Waals surface area (Å²) >= 11 is 0. The third-order valence-electron chi connectivity index (χ3n) is 17.4. The fourth-order valence-corrected chi connectivity index (χ4v) is 11.7. The Morgan fingerprint density at radius 1 is 0.341 bits per heavy atom. The fraction of sp³-hybridized carbons (Fsp3) is 0.895. The predicted octanol–water partition coefficient (Wildman–Crippen LogP) is 24.3. The van der Waals surface area contributed by atoms with Crippen molar-refractivity contribution in [3.05, 3.63) is 36.5 Å². The Morgan fingerprint density at radius 3 is 0.951 bits per heavy atom. The fourth-order valence-electron chi connectivity index (χ4n) is 11.7. The van der Waals surface area contributed by atoms with Gasteiger partial charge in [0.25, 0.3) is 0 Å². The summed E-state index contributed by atoms with van der Waals surface area (Å²) in [7, 11) is 0. The van der Waals surface area contributed by atoms with Gasteiger partial charge < -0.3 is 20.3 Å². The van der Waals surface area contributed by atoms with Gasteiger partial charge in [-0.05, 0) is 64.2 Å². The molecule has 6 nitrogen and oxygen atoms in total. The van der Waals surface area contributed by atoms with Crippen LogP contribution in [0.1, 0.15) is 412 Å². The van der Waals surface area contributed by atoms with Crippen molar-refractivity contribution in [1.82, 2.24) is 5.32 Å². The summed E-state index contributed by atoms with van der Waals surface area (Å²) in [4.78, 5) is 24.6. The van der Waals surface area contributed by atoms with E-state index in [-0.39, 0.29) is 18.5 Å². The molecule has 484 valence electrons. The highest BCUT2D eigenvalue weighted by Crippen LogP contribution is 2.19. The van der Waals surface area contributed by atoms with Crippen LogP contribution in [0.15, 0.2) is 36.5 Å². The number of aliphatic hydroxyl groups excluding tert-OH is 2. The number of rotatable bonds is 70. The molecule has 0 saturated carbocycles. The van der Waals surface area contributed by atoms with Gasteiger partial charge in [0.1, 0.15) is 0 Å².